The van der Waals surface area contributed by atoms with Crippen molar-refractivity contribution >= 4 is 18.6 Å². The largest absolute Gasteiger partial charge is 0.450 e. The van der Waals surface area contributed by atoms with Crippen LogP contribution in [0, 0.1) is 0 Å². The lowest BCUT2D eigenvalue weighted by Gasteiger charge is -2.05. The highest BCUT2D eigenvalue weighted by Crippen LogP contribution is 1.93. The molecule has 4 heteroatoms. The van der Waals surface area contributed by atoms with Crippen LogP contribution in [0.2, 0.25) is 0 Å². The molecular weight excluding hydrogens is 126 g/mol. The van der Waals surface area contributed by atoms with Crippen molar-refractivity contribution < 1.29 is 9.53 Å². The summed E-state index contributed by atoms with van der Waals surface area (Å²) in [4.78, 5) is 10.1. The second kappa shape index (κ2) is 3.74. The van der Waals surface area contributed by atoms with Gasteiger partial charge in [0.15, 0.2) is 5.44 Å². The molecule has 0 spiro atoms. The molecule has 0 heterocycles. The van der Waals surface area contributed by atoms with Crippen LogP contribution in [0.1, 0.15) is 6.92 Å². The lowest BCUT2D eigenvalue weighted by Crippen LogP contribution is -2.19. The van der Waals surface area contributed by atoms with Crippen molar-refractivity contribution in [3.8, 4) is 0 Å². The minimum Gasteiger partial charge on any atom is -0.450 e. The van der Waals surface area contributed by atoms with E-state index in [2.05, 4.69) is 17.4 Å². The van der Waals surface area contributed by atoms with Gasteiger partial charge in [0.05, 0.1) is 0 Å². The summed E-state index contributed by atoms with van der Waals surface area (Å²) in [5.41, 5.74) is 4.62. The molecule has 0 radical (unpaired) electrons. The molecule has 0 saturated carbocycles. The van der Waals surface area contributed by atoms with Gasteiger partial charge in [-0.3, -0.25) is 4.79 Å². The van der Waals surface area contributed by atoms with Gasteiger partial charge in [-0.2, -0.15) is 0 Å². The summed E-state index contributed by atoms with van der Waals surface area (Å²) in [6.07, 6.45) is 0. The van der Waals surface area contributed by atoms with Crippen LogP contribution in [0.15, 0.2) is 0 Å². The van der Waals surface area contributed by atoms with Crippen molar-refractivity contribution in [2.75, 3.05) is 6.54 Å². The summed E-state index contributed by atoms with van der Waals surface area (Å²) in [6, 6.07) is 0. The lowest BCUT2D eigenvalue weighted by atomic mass is 10.7. The summed E-state index contributed by atoms with van der Waals surface area (Å²) >= 11 is 3.80. The van der Waals surface area contributed by atoms with Gasteiger partial charge in [0, 0.05) is 13.5 Å². The van der Waals surface area contributed by atoms with E-state index in [0.29, 0.717) is 0 Å². The number of hydrogen-bond acceptors (Lipinski definition) is 4. The molecule has 0 aromatic heterocycles. The van der Waals surface area contributed by atoms with Gasteiger partial charge >= 0.3 is 5.97 Å². The summed E-state index contributed by atoms with van der Waals surface area (Å²) in [6.45, 7) is 1.57. The molecule has 0 aliphatic rings. The quantitative estimate of drug-likeness (QED) is 0.312. The predicted octanol–water partition coefficient (Wildman–Crippen LogP) is -0.236. The lowest BCUT2D eigenvalue weighted by molar-refractivity contribution is -0.141. The van der Waals surface area contributed by atoms with E-state index in [1.54, 1.807) is 0 Å². The minimum absolute atomic E-state index is 0.253. The van der Waals surface area contributed by atoms with Crippen LogP contribution in [0.25, 0.3) is 0 Å². The Balaban J connectivity index is 3.24. The molecule has 0 aliphatic heterocycles. The molecule has 0 fully saturated rings. The molecule has 3 nitrogen and oxygen atoms in total. The molecule has 0 amide bonds. The van der Waals surface area contributed by atoms with E-state index in [9.17, 15) is 4.79 Å². The summed E-state index contributed by atoms with van der Waals surface area (Å²) < 4.78 is 4.50. The van der Waals surface area contributed by atoms with E-state index in [1.807, 2.05) is 0 Å². The number of ether oxygens (including phenoxy) is 1. The Bertz CT molecular complexity index is 86.1. The molecule has 0 rings (SSSR count). The number of nitrogens with two attached hydrogens (primary N) is 1. The molecule has 0 saturated heterocycles. The van der Waals surface area contributed by atoms with Crippen LogP contribution in [-0.4, -0.2) is 18.0 Å². The normalized spacial score (nSPS) is 12.9. The van der Waals surface area contributed by atoms with Crippen molar-refractivity contribution in [2.24, 2.45) is 5.73 Å². The number of hydrogen-bond donors (Lipinski definition) is 2. The van der Waals surface area contributed by atoms with E-state index in [4.69, 9.17) is 5.73 Å². The van der Waals surface area contributed by atoms with E-state index < -0.39 is 5.44 Å². The van der Waals surface area contributed by atoms with Gasteiger partial charge < -0.3 is 10.5 Å². The second-order valence-corrected chi connectivity index (χ2v) is 1.88. The van der Waals surface area contributed by atoms with Crippen molar-refractivity contribution in [1.82, 2.24) is 0 Å². The summed E-state index contributed by atoms with van der Waals surface area (Å²) in [5.74, 6) is -0.351. The van der Waals surface area contributed by atoms with Crippen molar-refractivity contribution in [2.45, 2.75) is 12.4 Å². The Morgan fingerprint density at radius 1 is 2.00 bits per heavy atom. The molecule has 8 heavy (non-hydrogen) atoms. The average molecular weight is 135 g/mol. The first-order chi connectivity index (χ1) is 3.66. The number of carbonyl (C=O) groups excluding carboxylic acids is 1. The molecule has 0 bridgehead atoms. The first kappa shape index (κ1) is 7.78. The number of rotatable bonds is 2. The maximum absolute atomic E-state index is 10.1. The Morgan fingerprint density at radius 2 is 2.50 bits per heavy atom. The number of esters is 1. The third-order valence-corrected chi connectivity index (χ3v) is 0.820. The van der Waals surface area contributed by atoms with Crippen LogP contribution >= 0.6 is 12.6 Å². The van der Waals surface area contributed by atoms with Gasteiger partial charge in [-0.1, -0.05) is 0 Å². The van der Waals surface area contributed by atoms with Crippen molar-refractivity contribution in [1.29, 1.82) is 0 Å². The number of thiol groups is 1. The Kier molecular flexibility index (Phi) is 3.64. The van der Waals surface area contributed by atoms with Crippen LogP contribution in [0.3, 0.4) is 0 Å². The van der Waals surface area contributed by atoms with Gasteiger partial charge in [-0.25, -0.2) is 0 Å². The topological polar surface area (TPSA) is 52.3 Å². The molecule has 1 atom stereocenters. The van der Waals surface area contributed by atoms with E-state index in [1.165, 1.54) is 6.92 Å². The molecule has 0 aromatic rings. The maximum atomic E-state index is 10.1. The van der Waals surface area contributed by atoms with E-state index in [-0.39, 0.29) is 12.5 Å². The molecule has 48 valence electrons. The third-order valence-electron chi connectivity index (χ3n) is 0.504. The molecular formula is C4H9NO2S. The fourth-order valence-corrected chi connectivity index (χ4v) is 0.388. The maximum Gasteiger partial charge on any atom is 0.303 e. The third kappa shape index (κ3) is 3.95. The standard InChI is InChI=1S/C4H9NO2S/c1-3(6)7-4(8)2-5/h4,8H,2,5H2,1H3. The molecule has 2 N–H and O–H groups in total. The first-order valence-corrected chi connectivity index (χ1v) is 2.74. The Morgan fingerprint density at radius 3 is 2.62 bits per heavy atom. The highest BCUT2D eigenvalue weighted by molar-refractivity contribution is 7.80. The van der Waals surface area contributed by atoms with Crippen molar-refractivity contribution in [3.63, 3.8) is 0 Å². The van der Waals surface area contributed by atoms with Gasteiger partial charge in [0.1, 0.15) is 0 Å². The van der Waals surface area contributed by atoms with Gasteiger partial charge in [0.2, 0.25) is 0 Å². The average Bonchev–Trinajstić information content (AvgIpc) is 1.65. The summed E-state index contributed by atoms with van der Waals surface area (Å²) in [5, 5.41) is 0. The fraction of sp³-hybridized carbons (Fsp3) is 0.750. The predicted molar refractivity (Wildman–Crippen MR) is 33.6 cm³/mol. The van der Waals surface area contributed by atoms with Crippen molar-refractivity contribution in [3.05, 3.63) is 0 Å². The molecule has 1 unspecified atom stereocenters. The molecule has 0 aliphatic carbocycles. The van der Waals surface area contributed by atoms with E-state index >= 15 is 0 Å². The zero-order valence-corrected chi connectivity index (χ0v) is 5.52. The molecule has 0 aromatic carbocycles. The van der Waals surface area contributed by atoms with Gasteiger partial charge in [-0.15, -0.1) is 12.6 Å². The van der Waals surface area contributed by atoms with Crippen LogP contribution in [0.4, 0.5) is 0 Å². The van der Waals surface area contributed by atoms with Crippen LogP contribution in [-0.2, 0) is 9.53 Å². The van der Waals surface area contributed by atoms with Crippen LogP contribution in [0.5, 0.6) is 0 Å². The number of carbonyl (C=O) groups is 1. The fourth-order valence-electron chi connectivity index (χ4n) is 0.240. The Hall–Kier alpha value is -0.220. The van der Waals surface area contributed by atoms with Crippen LogP contribution < -0.4 is 5.73 Å². The van der Waals surface area contributed by atoms with Gasteiger partial charge in [0.25, 0.3) is 0 Å². The SMILES string of the molecule is CC(=O)OC(S)CN. The monoisotopic (exact) mass is 135 g/mol. The zero-order chi connectivity index (χ0) is 6.57. The summed E-state index contributed by atoms with van der Waals surface area (Å²) in [7, 11) is 0. The second-order valence-electron chi connectivity index (χ2n) is 1.30. The highest BCUT2D eigenvalue weighted by atomic mass is 32.1. The minimum atomic E-state index is -0.451. The smallest absolute Gasteiger partial charge is 0.303 e. The zero-order valence-electron chi connectivity index (χ0n) is 4.63. The van der Waals surface area contributed by atoms with Gasteiger partial charge in [-0.05, 0) is 0 Å². The highest BCUT2D eigenvalue weighted by Gasteiger charge is 2.00. The first-order valence-electron chi connectivity index (χ1n) is 2.22. The van der Waals surface area contributed by atoms with E-state index in [0.717, 1.165) is 0 Å². The Labute approximate surface area is 53.6 Å².